The molecule has 0 atom stereocenters. The Balaban J connectivity index is 0.000000179. The molecular weight excluding hydrogens is 605 g/mol. The van der Waals surface area contributed by atoms with Gasteiger partial charge in [-0.2, -0.15) is 0 Å². The molecule has 1 aliphatic heterocycles. The van der Waals surface area contributed by atoms with Crippen molar-refractivity contribution in [2.45, 2.75) is 6.54 Å². The number of thiophene rings is 2. The Hall–Kier alpha value is -3.63. The Bertz CT molecular complexity index is 1730. The molecule has 6 rings (SSSR count). The first kappa shape index (κ1) is 26.0. The molecule has 0 amide bonds. The van der Waals surface area contributed by atoms with E-state index in [1.165, 1.54) is 12.1 Å². The van der Waals surface area contributed by atoms with Crippen LogP contribution in [0.15, 0.2) is 30.3 Å². The standard InChI is InChI=1S/C14H9ClN4O4S.C6HCl2N3O2S/c15-14-17-12(8-4-11(19(20)21)24-13(8)18-14)16-5-7-1-2-9-10(3-7)23-6-22-9;7-4-2-1-3(11(12)13)14-5(2)10-6(8)9-4/h1-4H,5-6H2,(H,16,17,18);1H. The Labute approximate surface area is 234 Å². The molecule has 1 aromatic carbocycles. The van der Waals surface area contributed by atoms with Gasteiger partial charge in [0, 0.05) is 18.7 Å². The molecule has 0 aliphatic carbocycles. The third-order valence-electron chi connectivity index (χ3n) is 4.92. The van der Waals surface area contributed by atoms with Gasteiger partial charge in [-0.15, -0.1) is 0 Å². The van der Waals surface area contributed by atoms with Gasteiger partial charge in [0.1, 0.15) is 20.6 Å². The predicted molar refractivity (Wildman–Crippen MR) is 143 cm³/mol. The van der Waals surface area contributed by atoms with Gasteiger partial charge in [-0.1, -0.05) is 17.7 Å². The molecule has 4 aromatic heterocycles. The van der Waals surface area contributed by atoms with E-state index in [1.54, 1.807) is 0 Å². The van der Waals surface area contributed by atoms with E-state index in [0.717, 1.165) is 28.2 Å². The van der Waals surface area contributed by atoms with Crippen molar-refractivity contribution in [2.24, 2.45) is 0 Å². The first-order chi connectivity index (χ1) is 18.2. The first-order valence-corrected chi connectivity index (χ1v) is 13.0. The zero-order valence-electron chi connectivity index (χ0n) is 18.4. The number of hydrogen-bond donors (Lipinski definition) is 1. The molecule has 0 bridgehead atoms. The van der Waals surface area contributed by atoms with Gasteiger partial charge in [0.2, 0.25) is 17.4 Å². The Morgan fingerprint density at radius 1 is 0.842 bits per heavy atom. The molecule has 0 radical (unpaired) electrons. The zero-order valence-corrected chi connectivity index (χ0v) is 22.3. The summed E-state index contributed by atoms with van der Waals surface area (Å²) in [6.45, 7) is 0.662. The van der Waals surface area contributed by atoms with Crippen LogP contribution in [0.2, 0.25) is 15.7 Å². The van der Waals surface area contributed by atoms with Crippen molar-refractivity contribution in [3.05, 3.63) is 71.8 Å². The van der Waals surface area contributed by atoms with Crippen LogP contribution in [0.4, 0.5) is 15.8 Å². The number of nitrogens with zero attached hydrogens (tertiary/aromatic N) is 6. The van der Waals surface area contributed by atoms with E-state index in [9.17, 15) is 20.2 Å². The van der Waals surface area contributed by atoms with E-state index in [-0.39, 0.29) is 32.5 Å². The highest BCUT2D eigenvalue weighted by atomic mass is 35.5. The van der Waals surface area contributed by atoms with Gasteiger partial charge in [0.05, 0.1) is 20.6 Å². The maximum atomic E-state index is 10.9. The highest BCUT2D eigenvalue weighted by molar-refractivity contribution is 7.22. The van der Waals surface area contributed by atoms with Gasteiger partial charge in [0.25, 0.3) is 0 Å². The molecule has 1 aliphatic rings. The van der Waals surface area contributed by atoms with Crippen molar-refractivity contribution in [1.29, 1.82) is 0 Å². The number of benzene rings is 1. The highest BCUT2D eigenvalue weighted by Crippen LogP contribution is 2.36. The average Bonchev–Trinajstić information content (AvgIpc) is 3.60. The van der Waals surface area contributed by atoms with E-state index in [0.29, 0.717) is 44.3 Å². The van der Waals surface area contributed by atoms with Crippen LogP contribution in [0.5, 0.6) is 11.5 Å². The summed E-state index contributed by atoms with van der Waals surface area (Å²) in [4.78, 5) is 37.0. The second-order valence-electron chi connectivity index (χ2n) is 7.29. The maximum Gasteiger partial charge on any atom is 0.326 e. The number of nitro groups is 2. The molecule has 0 unspecified atom stereocenters. The minimum Gasteiger partial charge on any atom is -0.454 e. The molecule has 0 saturated carbocycles. The van der Waals surface area contributed by atoms with Crippen LogP contribution in [0.1, 0.15) is 5.56 Å². The molecule has 0 fully saturated rings. The van der Waals surface area contributed by atoms with Crippen LogP contribution in [0.3, 0.4) is 0 Å². The normalized spacial score (nSPS) is 11.9. The molecule has 13 nitrogen and oxygen atoms in total. The fourth-order valence-corrected chi connectivity index (χ4v) is 5.74. The number of hydrogen-bond acceptors (Lipinski definition) is 13. The van der Waals surface area contributed by atoms with Crippen molar-refractivity contribution >= 4 is 93.7 Å². The Morgan fingerprint density at radius 2 is 1.45 bits per heavy atom. The lowest BCUT2D eigenvalue weighted by Crippen LogP contribution is -2.02. The van der Waals surface area contributed by atoms with Crippen LogP contribution < -0.4 is 14.8 Å². The minimum absolute atomic E-state index is 0.00676. The SMILES string of the molecule is O=[N+]([O-])c1cc2c(Cl)nc(Cl)nc2s1.O=[N+]([O-])c1cc2c(NCc3ccc4c(c3)OCO4)nc(Cl)nc2s1. The van der Waals surface area contributed by atoms with Crippen LogP contribution in [0.25, 0.3) is 20.4 Å². The minimum atomic E-state index is -0.503. The van der Waals surface area contributed by atoms with Crippen LogP contribution in [0, 0.1) is 20.2 Å². The summed E-state index contributed by atoms with van der Waals surface area (Å²) >= 11 is 19.1. The summed E-state index contributed by atoms with van der Waals surface area (Å²) in [5, 5.41) is 25.7. The molecule has 5 heterocycles. The highest BCUT2D eigenvalue weighted by Gasteiger charge is 2.18. The van der Waals surface area contributed by atoms with Gasteiger partial charge < -0.3 is 14.8 Å². The van der Waals surface area contributed by atoms with E-state index in [4.69, 9.17) is 44.3 Å². The van der Waals surface area contributed by atoms with Crippen LogP contribution >= 0.6 is 57.5 Å². The van der Waals surface area contributed by atoms with E-state index in [2.05, 4.69) is 25.3 Å². The van der Waals surface area contributed by atoms with Crippen molar-refractivity contribution in [2.75, 3.05) is 12.1 Å². The molecule has 1 N–H and O–H groups in total. The lowest BCUT2D eigenvalue weighted by atomic mass is 10.2. The number of halogens is 3. The smallest absolute Gasteiger partial charge is 0.326 e. The first-order valence-electron chi connectivity index (χ1n) is 10.2. The summed E-state index contributed by atoms with van der Waals surface area (Å²) in [6.07, 6.45) is 0. The third kappa shape index (κ3) is 5.46. The second kappa shape index (κ2) is 10.6. The molecule has 38 heavy (non-hydrogen) atoms. The summed E-state index contributed by atoms with van der Waals surface area (Å²) in [6, 6.07) is 8.37. The topological polar surface area (TPSA) is 168 Å². The number of rotatable bonds is 5. The summed E-state index contributed by atoms with van der Waals surface area (Å²) in [7, 11) is 0. The van der Waals surface area contributed by atoms with Crippen molar-refractivity contribution in [3.8, 4) is 11.5 Å². The fraction of sp³-hybridized carbons (Fsp3) is 0.100. The lowest BCUT2D eigenvalue weighted by molar-refractivity contribution is -0.380. The average molecular weight is 615 g/mol. The van der Waals surface area contributed by atoms with Gasteiger partial charge in [-0.25, -0.2) is 19.9 Å². The van der Waals surface area contributed by atoms with Gasteiger partial charge in [-0.05, 0) is 63.6 Å². The monoisotopic (exact) mass is 613 g/mol. The molecule has 0 spiro atoms. The fourth-order valence-electron chi connectivity index (χ4n) is 3.28. The van der Waals surface area contributed by atoms with Gasteiger partial charge in [-0.3, -0.25) is 20.2 Å². The lowest BCUT2D eigenvalue weighted by Gasteiger charge is -2.07. The van der Waals surface area contributed by atoms with Crippen molar-refractivity contribution in [3.63, 3.8) is 0 Å². The molecule has 18 heteroatoms. The third-order valence-corrected chi connectivity index (χ3v) is 7.50. The molecule has 194 valence electrons. The number of anilines is 1. The molecule has 0 saturated heterocycles. The quantitative estimate of drug-likeness (QED) is 0.0992. The summed E-state index contributed by atoms with van der Waals surface area (Å²) in [5.41, 5.74) is 0.951. The molecule has 5 aromatic rings. The number of fused-ring (bicyclic) bond motifs is 3. The molecular formula is C20H10Cl3N7O6S2. The van der Waals surface area contributed by atoms with Gasteiger partial charge in [0.15, 0.2) is 11.5 Å². The Kier molecular flexibility index (Phi) is 7.27. The predicted octanol–water partition coefficient (Wildman–Crippen LogP) is 6.50. The van der Waals surface area contributed by atoms with E-state index < -0.39 is 9.85 Å². The number of aromatic nitrogens is 4. The largest absolute Gasteiger partial charge is 0.454 e. The second-order valence-corrected chi connectivity index (χ2v) is 10.3. The van der Waals surface area contributed by atoms with Crippen LogP contribution in [-0.2, 0) is 6.54 Å². The number of ether oxygens (including phenoxy) is 2. The number of nitrogens with one attached hydrogen (secondary N) is 1. The van der Waals surface area contributed by atoms with Gasteiger partial charge >= 0.3 is 10.0 Å². The zero-order chi connectivity index (χ0) is 27.0. The van der Waals surface area contributed by atoms with Crippen molar-refractivity contribution in [1.82, 2.24) is 19.9 Å². The Morgan fingerprint density at radius 3 is 2.13 bits per heavy atom. The van der Waals surface area contributed by atoms with Crippen LogP contribution in [-0.4, -0.2) is 36.6 Å². The maximum absolute atomic E-state index is 10.9. The summed E-state index contributed by atoms with van der Waals surface area (Å²) < 4.78 is 10.6. The van der Waals surface area contributed by atoms with E-state index >= 15 is 0 Å². The van der Waals surface area contributed by atoms with E-state index in [1.807, 2.05) is 18.2 Å². The summed E-state index contributed by atoms with van der Waals surface area (Å²) in [5.74, 6) is 1.85. The van der Waals surface area contributed by atoms with Crippen molar-refractivity contribution < 1.29 is 19.3 Å².